The number of rotatable bonds is 12. The predicted octanol–water partition coefficient (Wildman–Crippen LogP) is 6.68. The first-order valence-electron chi connectivity index (χ1n) is 11.2. The Hall–Kier alpha value is -1.43. The van der Waals surface area contributed by atoms with Gasteiger partial charge in [-0.05, 0) is 36.5 Å². The van der Waals surface area contributed by atoms with Crippen molar-refractivity contribution in [2.45, 2.75) is 85.2 Å². The summed E-state index contributed by atoms with van der Waals surface area (Å²) in [5.74, 6) is -0.647. The van der Waals surface area contributed by atoms with Crippen LogP contribution < -0.4 is 0 Å². The highest BCUT2D eigenvalue weighted by Gasteiger charge is 2.41. The van der Waals surface area contributed by atoms with E-state index < -0.39 is 14.3 Å². The third-order valence-corrected chi connectivity index (χ3v) is 10.7. The minimum Gasteiger partial charge on any atom is -0.478 e. The van der Waals surface area contributed by atoms with Gasteiger partial charge in [0, 0.05) is 17.4 Å². The van der Waals surface area contributed by atoms with Crippen LogP contribution in [0.15, 0.2) is 42.0 Å². The average Bonchev–Trinajstić information content (AvgIpc) is 2.67. The number of carboxylic acid groups (broad SMARTS) is 1. The van der Waals surface area contributed by atoms with Crippen molar-refractivity contribution in [3.63, 3.8) is 0 Å². The molecular weight excluding hydrogens is 392 g/mol. The molecule has 0 aliphatic carbocycles. The summed E-state index contributed by atoms with van der Waals surface area (Å²) in [6.07, 6.45) is 3.19. The number of aliphatic carboxylic acids is 1. The highest BCUT2D eigenvalue weighted by Crippen LogP contribution is 2.40. The number of hydrogen-bond acceptors (Lipinski definition) is 3. The van der Waals surface area contributed by atoms with Crippen molar-refractivity contribution in [3.05, 3.63) is 47.5 Å². The lowest BCUT2D eigenvalue weighted by atomic mass is 9.88. The van der Waals surface area contributed by atoms with E-state index in [0.29, 0.717) is 25.2 Å². The number of carboxylic acids is 1. The summed E-state index contributed by atoms with van der Waals surface area (Å²) in [4.78, 5) is 11.6. The van der Waals surface area contributed by atoms with Crippen LogP contribution in [0, 0.1) is 11.8 Å². The zero-order valence-corrected chi connectivity index (χ0v) is 21.2. The lowest BCUT2D eigenvalue weighted by Crippen LogP contribution is -2.48. The highest BCUT2D eigenvalue weighted by atomic mass is 28.4. The van der Waals surface area contributed by atoms with Gasteiger partial charge in [-0.25, -0.2) is 4.79 Å². The fraction of sp³-hybridized carbons (Fsp3) is 0.640. The summed E-state index contributed by atoms with van der Waals surface area (Å²) in [6, 6.07) is 10.2. The molecule has 0 amide bonds. The Morgan fingerprint density at radius 1 is 1.17 bits per heavy atom. The van der Waals surface area contributed by atoms with Crippen LogP contribution >= 0.6 is 0 Å². The van der Waals surface area contributed by atoms with Crippen molar-refractivity contribution >= 4 is 14.3 Å². The summed E-state index contributed by atoms with van der Waals surface area (Å²) in [5.41, 5.74) is 1.61. The molecule has 0 aromatic heterocycles. The largest absolute Gasteiger partial charge is 0.478 e. The van der Waals surface area contributed by atoms with Gasteiger partial charge in [0.25, 0.3) is 0 Å². The molecule has 0 aliphatic heterocycles. The van der Waals surface area contributed by atoms with Crippen LogP contribution in [0.3, 0.4) is 0 Å². The molecule has 1 N–H and O–H groups in total. The minimum atomic E-state index is -2.03. The molecule has 0 spiro atoms. The van der Waals surface area contributed by atoms with Crippen molar-refractivity contribution in [3.8, 4) is 0 Å². The summed E-state index contributed by atoms with van der Waals surface area (Å²) in [5, 5.41) is 9.62. The second-order valence-corrected chi connectivity index (χ2v) is 14.5. The van der Waals surface area contributed by atoms with Gasteiger partial charge in [0.15, 0.2) is 8.32 Å². The first-order chi connectivity index (χ1) is 13.9. The normalized spacial score (nSPS) is 16.2. The van der Waals surface area contributed by atoms with E-state index in [0.717, 1.165) is 12.0 Å². The van der Waals surface area contributed by atoms with E-state index in [-0.39, 0.29) is 23.0 Å². The fourth-order valence-electron chi connectivity index (χ4n) is 3.22. The van der Waals surface area contributed by atoms with E-state index in [1.54, 1.807) is 0 Å². The first-order valence-corrected chi connectivity index (χ1v) is 14.1. The maximum absolute atomic E-state index is 11.6. The maximum Gasteiger partial charge on any atom is 0.331 e. The van der Waals surface area contributed by atoms with Gasteiger partial charge in [-0.15, -0.1) is 0 Å². The summed E-state index contributed by atoms with van der Waals surface area (Å²) in [7, 11) is -2.03. The predicted molar refractivity (Wildman–Crippen MR) is 127 cm³/mol. The van der Waals surface area contributed by atoms with E-state index in [2.05, 4.69) is 59.8 Å². The van der Waals surface area contributed by atoms with Gasteiger partial charge in [-0.2, -0.15) is 0 Å². The van der Waals surface area contributed by atoms with E-state index in [4.69, 9.17) is 9.16 Å². The Labute approximate surface area is 184 Å². The summed E-state index contributed by atoms with van der Waals surface area (Å²) < 4.78 is 12.9. The fourth-order valence-corrected chi connectivity index (χ4v) is 4.66. The molecule has 5 heteroatoms. The van der Waals surface area contributed by atoms with Crippen molar-refractivity contribution in [1.82, 2.24) is 0 Å². The molecule has 0 heterocycles. The van der Waals surface area contributed by atoms with E-state index >= 15 is 0 Å². The lowest BCUT2D eigenvalue weighted by Gasteiger charge is -2.43. The van der Waals surface area contributed by atoms with Crippen molar-refractivity contribution < 1.29 is 19.1 Å². The summed E-state index contributed by atoms with van der Waals surface area (Å²) >= 11 is 0. The molecule has 0 fully saturated rings. The topological polar surface area (TPSA) is 55.8 Å². The second kappa shape index (κ2) is 11.8. The smallest absolute Gasteiger partial charge is 0.331 e. The minimum absolute atomic E-state index is 0.0421. The number of carbonyl (C=O) groups is 1. The Bertz CT molecular complexity index is 676. The standard InChI is InChI=1S/C25H42O4Si/c1-9-21(16-22(10-2)24(26)27)23(29-30(7,8)25(4,5)6)19(3)17-28-18-20-14-12-11-13-15-20/h11-16,19,21,23H,9-10,17-18H2,1-8H3,(H,26,27)/b22-16+/t19-,21-,23-/m1/s1. The molecule has 0 radical (unpaired) electrons. The third kappa shape index (κ3) is 8.01. The number of benzene rings is 1. The van der Waals surface area contributed by atoms with Gasteiger partial charge in [-0.3, -0.25) is 0 Å². The van der Waals surface area contributed by atoms with Gasteiger partial charge < -0.3 is 14.3 Å². The maximum atomic E-state index is 11.6. The molecule has 0 saturated carbocycles. The zero-order valence-electron chi connectivity index (χ0n) is 20.2. The van der Waals surface area contributed by atoms with Gasteiger partial charge in [0.1, 0.15) is 0 Å². The van der Waals surface area contributed by atoms with Gasteiger partial charge >= 0.3 is 5.97 Å². The van der Waals surface area contributed by atoms with Crippen molar-refractivity contribution in [2.24, 2.45) is 11.8 Å². The molecule has 1 aromatic rings. The van der Waals surface area contributed by atoms with Crippen LogP contribution in [0.1, 0.15) is 59.9 Å². The SMILES string of the molecule is CC/C(=C\[C@@H](CC)[C@H](O[Si](C)(C)C(C)(C)C)[C@H](C)COCc1ccccc1)C(=O)O. The van der Waals surface area contributed by atoms with Gasteiger partial charge in [0.2, 0.25) is 0 Å². The molecule has 1 aromatic carbocycles. The molecule has 0 unspecified atom stereocenters. The van der Waals surface area contributed by atoms with E-state index in [1.165, 1.54) is 0 Å². The Balaban J connectivity index is 3.06. The van der Waals surface area contributed by atoms with Crippen LogP contribution in [-0.4, -0.2) is 32.1 Å². The van der Waals surface area contributed by atoms with Crippen LogP contribution in [0.5, 0.6) is 0 Å². The number of ether oxygens (including phenoxy) is 1. The number of hydrogen-bond donors (Lipinski definition) is 1. The quantitative estimate of drug-likeness (QED) is 0.294. The van der Waals surface area contributed by atoms with Gasteiger partial charge in [-0.1, -0.05) is 78.0 Å². The highest BCUT2D eigenvalue weighted by molar-refractivity contribution is 6.74. The summed E-state index contributed by atoms with van der Waals surface area (Å²) in [6.45, 7) is 18.5. The Morgan fingerprint density at radius 3 is 2.23 bits per heavy atom. The molecule has 170 valence electrons. The van der Waals surface area contributed by atoms with E-state index in [9.17, 15) is 9.90 Å². The Kier molecular flexibility index (Phi) is 10.5. The molecule has 4 nitrogen and oxygen atoms in total. The molecular formula is C25H42O4Si. The van der Waals surface area contributed by atoms with Crippen LogP contribution in [0.25, 0.3) is 0 Å². The van der Waals surface area contributed by atoms with E-state index in [1.807, 2.05) is 31.2 Å². The molecule has 0 aliphatic rings. The van der Waals surface area contributed by atoms with Crippen LogP contribution in [-0.2, 0) is 20.6 Å². The first kappa shape index (κ1) is 26.6. The van der Waals surface area contributed by atoms with Crippen LogP contribution in [0.2, 0.25) is 18.1 Å². The second-order valence-electron chi connectivity index (χ2n) is 9.74. The molecule has 0 bridgehead atoms. The van der Waals surface area contributed by atoms with Crippen molar-refractivity contribution in [2.75, 3.05) is 6.61 Å². The third-order valence-electron chi connectivity index (χ3n) is 6.25. The average molecular weight is 435 g/mol. The zero-order chi connectivity index (χ0) is 22.9. The van der Waals surface area contributed by atoms with Gasteiger partial charge in [0.05, 0.1) is 19.3 Å². The molecule has 1 rings (SSSR count). The Morgan fingerprint density at radius 2 is 1.77 bits per heavy atom. The molecule has 30 heavy (non-hydrogen) atoms. The lowest BCUT2D eigenvalue weighted by molar-refractivity contribution is -0.132. The van der Waals surface area contributed by atoms with Crippen molar-refractivity contribution in [1.29, 1.82) is 0 Å². The monoisotopic (exact) mass is 434 g/mol. The van der Waals surface area contributed by atoms with Crippen LogP contribution in [0.4, 0.5) is 0 Å². The molecule has 0 saturated heterocycles. The molecule has 3 atom stereocenters.